The van der Waals surface area contributed by atoms with E-state index in [1.54, 1.807) is 29.8 Å². The fourth-order valence-electron chi connectivity index (χ4n) is 3.25. The Morgan fingerprint density at radius 2 is 2.18 bits per heavy atom. The van der Waals surface area contributed by atoms with Crippen molar-refractivity contribution >= 4 is 17.2 Å². The third kappa shape index (κ3) is 2.69. The van der Waals surface area contributed by atoms with Gasteiger partial charge in [0.2, 0.25) is 0 Å². The molecule has 2 aromatic rings. The summed E-state index contributed by atoms with van der Waals surface area (Å²) >= 11 is 1.33. The molecule has 22 heavy (non-hydrogen) atoms. The molecule has 2 fully saturated rings. The highest BCUT2D eigenvalue weighted by molar-refractivity contribution is 7.11. The summed E-state index contributed by atoms with van der Waals surface area (Å²) in [6.07, 6.45) is 2.27. The maximum absolute atomic E-state index is 12.3. The Morgan fingerprint density at radius 3 is 2.82 bits per heavy atom. The van der Waals surface area contributed by atoms with E-state index in [4.69, 9.17) is 4.74 Å². The number of amides is 1. The molecule has 0 radical (unpaired) electrons. The zero-order valence-electron chi connectivity index (χ0n) is 11.9. The largest absolute Gasteiger partial charge is 0.430 e. The summed E-state index contributed by atoms with van der Waals surface area (Å²) in [5, 5.41) is 14.6. The third-order valence-corrected chi connectivity index (χ3v) is 4.87. The third-order valence-electron chi connectivity index (χ3n) is 4.31. The van der Waals surface area contributed by atoms with Crippen LogP contribution in [0, 0.1) is 5.92 Å². The molecule has 1 aliphatic heterocycles. The number of fused-ring (bicyclic) bond motifs is 2. The van der Waals surface area contributed by atoms with Crippen molar-refractivity contribution in [1.82, 2.24) is 20.8 Å². The zero-order chi connectivity index (χ0) is 14.9. The molecular formula is C15H16N4O2S. The van der Waals surface area contributed by atoms with Gasteiger partial charge in [0.25, 0.3) is 11.1 Å². The van der Waals surface area contributed by atoms with Gasteiger partial charge in [0.15, 0.2) is 0 Å². The van der Waals surface area contributed by atoms with E-state index in [0.717, 1.165) is 18.9 Å². The van der Waals surface area contributed by atoms with Crippen LogP contribution < -0.4 is 15.4 Å². The average molecular weight is 316 g/mol. The van der Waals surface area contributed by atoms with Crippen molar-refractivity contribution in [3.63, 3.8) is 0 Å². The van der Waals surface area contributed by atoms with Gasteiger partial charge in [-0.05, 0) is 49.6 Å². The molecule has 1 aromatic carbocycles. The van der Waals surface area contributed by atoms with Crippen LogP contribution in [0.2, 0.25) is 0 Å². The molecule has 1 amide bonds. The van der Waals surface area contributed by atoms with Gasteiger partial charge in [0.05, 0.1) is 0 Å². The summed E-state index contributed by atoms with van der Waals surface area (Å²) < 4.78 is 5.53. The summed E-state index contributed by atoms with van der Waals surface area (Å²) in [7, 11) is 0. The number of benzene rings is 1. The van der Waals surface area contributed by atoms with Crippen LogP contribution in [0.15, 0.2) is 29.8 Å². The Morgan fingerprint density at radius 1 is 1.32 bits per heavy atom. The van der Waals surface area contributed by atoms with Gasteiger partial charge < -0.3 is 15.4 Å². The van der Waals surface area contributed by atoms with E-state index >= 15 is 0 Å². The number of ether oxygens (including phenoxy) is 1. The van der Waals surface area contributed by atoms with E-state index in [0.29, 0.717) is 22.5 Å². The summed E-state index contributed by atoms with van der Waals surface area (Å²) in [6.45, 7) is 1.09. The van der Waals surface area contributed by atoms with Crippen LogP contribution in [0.25, 0.3) is 0 Å². The average Bonchev–Trinajstić information content (AvgIpc) is 3.25. The highest BCUT2D eigenvalue weighted by Crippen LogP contribution is 2.31. The number of carbonyl (C=O) groups is 1. The number of hydrogen-bond acceptors (Lipinski definition) is 6. The van der Waals surface area contributed by atoms with Gasteiger partial charge in [-0.15, -0.1) is 5.10 Å². The number of nitrogens with zero attached hydrogens (tertiary/aromatic N) is 2. The molecule has 3 atom stereocenters. The maximum Gasteiger partial charge on any atom is 0.299 e. The minimum absolute atomic E-state index is 0.0261. The number of hydrogen-bond donors (Lipinski definition) is 2. The molecule has 4 rings (SSSR count). The monoisotopic (exact) mass is 316 g/mol. The van der Waals surface area contributed by atoms with Crippen molar-refractivity contribution in [1.29, 1.82) is 0 Å². The molecule has 2 bridgehead atoms. The Bertz CT molecular complexity index is 659. The maximum atomic E-state index is 12.3. The van der Waals surface area contributed by atoms with Gasteiger partial charge in [-0.25, -0.2) is 0 Å². The Kier molecular flexibility index (Phi) is 3.51. The lowest BCUT2D eigenvalue weighted by atomic mass is 10.1. The fraction of sp³-hybridized carbons (Fsp3) is 0.400. The number of carbonyl (C=O) groups excluding carboxylic acids is 1. The van der Waals surface area contributed by atoms with Crippen molar-refractivity contribution in [3.8, 4) is 10.9 Å². The van der Waals surface area contributed by atoms with Crippen molar-refractivity contribution < 1.29 is 9.53 Å². The lowest BCUT2D eigenvalue weighted by Gasteiger charge is -2.24. The SMILES string of the molecule is O=C(NC1CC2CNC1C2)c1ccc(Oc2nncs2)cc1. The lowest BCUT2D eigenvalue weighted by molar-refractivity contribution is 0.0928. The van der Waals surface area contributed by atoms with Crippen LogP contribution in [-0.2, 0) is 0 Å². The number of aromatic nitrogens is 2. The second-order valence-electron chi connectivity index (χ2n) is 5.76. The van der Waals surface area contributed by atoms with Crippen molar-refractivity contribution in [2.24, 2.45) is 5.92 Å². The molecule has 1 saturated heterocycles. The van der Waals surface area contributed by atoms with Gasteiger partial charge in [-0.1, -0.05) is 16.4 Å². The van der Waals surface area contributed by atoms with Crippen LogP contribution in [0.1, 0.15) is 23.2 Å². The van der Waals surface area contributed by atoms with Crippen LogP contribution in [0.5, 0.6) is 10.9 Å². The first-order valence-corrected chi connectivity index (χ1v) is 8.24. The first-order chi connectivity index (χ1) is 10.8. The van der Waals surface area contributed by atoms with Crippen LogP contribution in [0.4, 0.5) is 0 Å². The van der Waals surface area contributed by atoms with Gasteiger partial charge in [-0.2, -0.15) is 0 Å². The molecule has 6 nitrogen and oxygen atoms in total. The van der Waals surface area contributed by atoms with E-state index in [9.17, 15) is 4.79 Å². The normalized spacial score (nSPS) is 26.1. The van der Waals surface area contributed by atoms with Crippen LogP contribution >= 0.6 is 11.3 Å². The molecule has 114 valence electrons. The standard InChI is InChI=1S/C15H16N4O2S/c20-14(18-13-6-9-5-12(13)16-7-9)10-1-3-11(4-2-10)21-15-19-17-8-22-15/h1-4,8-9,12-13,16H,5-7H2,(H,18,20). The second kappa shape index (κ2) is 5.66. The minimum Gasteiger partial charge on any atom is -0.430 e. The number of nitrogens with one attached hydrogen (secondary N) is 2. The smallest absolute Gasteiger partial charge is 0.299 e. The predicted octanol–water partition coefficient (Wildman–Crippen LogP) is 1.81. The van der Waals surface area contributed by atoms with Gasteiger partial charge in [0, 0.05) is 17.6 Å². The molecular weight excluding hydrogens is 300 g/mol. The Hall–Kier alpha value is -1.99. The van der Waals surface area contributed by atoms with E-state index in [2.05, 4.69) is 20.8 Å². The highest BCUT2D eigenvalue weighted by atomic mass is 32.1. The summed E-state index contributed by atoms with van der Waals surface area (Å²) in [5.41, 5.74) is 2.26. The molecule has 2 heterocycles. The van der Waals surface area contributed by atoms with Crippen molar-refractivity contribution in [2.75, 3.05) is 6.54 Å². The second-order valence-corrected chi connectivity index (χ2v) is 6.56. The summed E-state index contributed by atoms with van der Waals surface area (Å²) in [6, 6.07) is 7.78. The zero-order valence-corrected chi connectivity index (χ0v) is 12.7. The number of rotatable bonds is 4. The minimum atomic E-state index is -0.0261. The fourth-order valence-corrected chi connectivity index (χ4v) is 3.67. The molecule has 3 unspecified atom stereocenters. The highest BCUT2D eigenvalue weighted by Gasteiger charge is 2.39. The van der Waals surface area contributed by atoms with Gasteiger partial charge >= 0.3 is 0 Å². The molecule has 1 saturated carbocycles. The van der Waals surface area contributed by atoms with Crippen molar-refractivity contribution in [2.45, 2.75) is 24.9 Å². The first-order valence-electron chi connectivity index (χ1n) is 7.36. The van der Waals surface area contributed by atoms with Crippen molar-refractivity contribution in [3.05, 3.63) is 35.3 Å². The quantitative estimate of drug-likeness (QED) is 0.900. The summed E-state index contributed by atoms with van der Waals surface area (Å²) in [4.78, 5) is 12.3. The Labute approximate surface area is 131 Å². The summed E-state index contributed by atoms with van der Waals surface area (Å²) in [5.74, 6) is 1.34. The van der Waals surface area contributed by atoms with E-state index < -0.39 is 0 Å². The first kappa shape index (κ1) is 13.7. The molecule has 1 aromatic heterocycles. The van der Waals surface area contributed by atoms with E-state index in [1.165, 1.54) is 17.8 Å². The number of piperidine rings is 1. The van der Waals surface area contributed by atoms with Gasteiger partial charge in [-0.3, -0.25) is 4.79 Å². The molecule has 2 N–H and O–H groups in total. The van der Waals surface area contributed by atoms with Gasteiger partial charge in [0.1, 0.15) is 11.3 Å². The molecule has 1 aliphatic carbocycles. The molecule has 2 aliphatic rings. The Balaban J connectivity index is 1.38. The molecule has 7 heteroatoms. The molecule has 0 spiro atoms. The predicted molar refractivity (Wildman–Crippen MR) is 82.2 cm³/mol. The lowest BCUT2D eigenvalue weighted by Crippen LogP contribution is -2.47. The van der Waals surface area contributed by atoms with E-state index in [-0.39, 0.29) is 11.9 Å². The van der Waals surface area contributed by atoms with Crippen LogP contribution in [-0.4, -0.2) is 34.7 Å². The van der Waals surface area contributed by atoms with E-state index in [1.807, 2.05) is 0 Å². The van der Waals surface area contributed by atoms with Crippen LogP contribution in [0.3, 0.4) is 0 Å². The topological polar surface area (TPSA) is 76.1 Å².